The van der Waals surface area contributed by atoms with Gasteiger partial charge in [-0.1, -0.05) is 0 Å². The molecule has 1 aliphatic rings. The van der Waals surface area contributed by atoms with Crippen LogP contribution in [0.2, 0.25) is 0 Å². The molecule has 0 aromatic heterocycles. The Kier molecular flexibility index (Phi) is 3.55. The molecule has 0 fully saturated rings. The molecule has 6 heteroatoms. The van der Waals surface area contributed by atoms with Crippen LogP contribution >= 0.6 is 0 Å². The molecule has 0 aliphatic heterocycles. The highest BCUT2D eigenvalue weighted by Gasteiger charge is 2.36. The van der Waals surface area contributed by atoms with E-state index < -0.39 is 23.1 Å². The average molecular weight is 290 g/mol. The third-order valence-electron chi connectivity index (χ3n) is 3.41. The lowest BCUT2D eigenvalue weighted by Crippen LogP contribution is -2.22. The Hall–Kier alpha value is -2.63. The molecule has 0 spiro atoms. The Morgan fingerprint density at radius 1 is 1.19 bits per heavy atom. The Labute approximate surface area is 120 Å². The van der Waals surface area contributed by atoms with Crippen LogP contribution in [0.1, 0.15) is 41.0 Å². The number of fused-ring (bicyclic) bond motifs is 1. The van der Waals surface area contributed by atoms with E-state index in [0.717, 1.165) is 6.07 Å². The molecule has 0 radical (unpaired) electrons. The van der Waals surface area contributed by atoms with Crippen LogP contribution in [0.5, 0.6) is 17.2 Å². The average Bonchev–Trinajstić information content (AvgIpc) is 2.42. The standard InChI is InChI=1S/C15H14O6/c1-6(16)4-8-7(2)13(18)11-9(17)5-10(21-3)15(20)12(11)14(8)19/h5,17,20H,4H2,1-3H3. The van der Waals surface area contributed by atoms with Gasteiger partial charge in [-0.3, -0.25) is 14.4 Å². The minimum atomic E-state index is -0.649. The summed E-state index contributed by atoms with van der Waals surface area (Å²) in [6.45, 7) is 2.72. The summed E-state index contributed by atoms with van der Waals surface area (Å²) in [7, 11) is 1.26. The molecule has 0 heterocycles. The molecule has 21 heavy (non-hydrogen) atoms. The van der Waals surface area contributed by atoms with Crippen molar-refractivity contribution in [3.8, 4) is 17.2 Å². The first-order valence-electron chi connectivity index (χ1n) is 6.21. The van der Waals surface area contributed by atoms with Crippen molar-refractivity contribution in [1.29, 1.82) is 0 Å². The van der Waals surface area contributed by atoms with Gasteiger partial charge in [0.2, 0.25) is 0 Å². The van der Waals surface area contributed by atoms with E-state index in [1.54, 1.807) is 0 Å². The topological polar surface area (TPSA) is 101 Å². The van der Waals surface area contributed by atoms with Crippen LogP contribution in [0, 0.1) is 0 Å². The predicted molar refractivity (Wildman–Crippen MR) is 73.0 cm³/mol. The molecule has 0 saturated heterocycles. The summed E-state index contributed by atoms with van der Waals surface area (Å²) in [5, 5.41) is 20.0. The van der Waals surface area contributed by atoms with Gasteiger partial charge in [-0.2, -0.15) is 0 Å². The molecule has 2 N–H and O–H groups in total. The number of hydrogen-bond acceptors (Lipinski definition) is 6. The summed E-state index contributed by atoms with van der Waals surface area (Å²) in [6.07, 6.45) is -0.201. The number of rotatable bonds is 3. The van der Waals surface area contributed by atoms with Crippen molar-refractivity contribution in [2.24, 2.45) is 0 Å². The lowest BCUT2D eigenvalue weighted by atomic mass is 9.81. The smallest absolute Gasteiger partial charge is 0.194 e. The summed E-state index contributed by atoms with van der Waals surface area (Å²) >= 11 is 0. The van der Waals surface area contributed by atoms with E-state index in [4.69, 9.17) is 4.74 Å². The maximum Gasteiger partial charge on any atom is 0.194 e. The van der Waals surface area contributed by atoms with E-state index in [0.29, 0.717) is 0 Å². The number of phenolic OH excluding ortho intramolecular Hbond substituents is 2. The second kappa shape index (κ2) is 5.05. The van der Waals surface area contributed by atoms with E-state index in [-0.39, 0.29) is 40.2 Å². The molecule has 0 atom stereocenters. The van der Waals surface area contributed by atoms with Gasteiger partial charge in [-0.25, -0.2) is 0 Å². The first-order chi connectivity index (χ1) is 9.79. The van der Waals surface area contributed by atoms with E-state index in [1.807, 2.05) is 0 Å². The highest BCUT2D eigenvalue weighted by Crippen LogP contribution is 2.43. The highest BCUT2D eigenvalue weighted by molar-refractivity contribution is 6.29. The number of Topliss-reactive ketones (excluding diaryl/α,β-unsaturated/α-hetero) is 3. The molecule has 1 aromatic carbocycles. The maximum absolute atomic E-state index is 12.5. The number of aromatic hydroxyl groups is 2. The fourth-order valence-corrected chi connectivity index (χ4v) is 2.35. The quantitative estimate of drug-likeness (QED) is 0.823. The first kappa shape index (κ1) is 14.8. The fourth-order valence-electron chi connectivity index (χ4n) is 2.35. The van der Waals surface area contributed by atoms with Gasteiger partial charge < -0.3 is 14.9 Å². The number of carbonyl (C=O) groups excluding carboxylic acids is 3. The number of benzene rings is 1. The lowest BCUT2D eigenvalue weighted by Gasteiger charge is -2.21. The molecule has 110 valence electrons. The molecular weight excluding hydrogens is 276 g/mol. The monoisotopic (exact) mass is 290 g/mol. The van der Waals surface area contributed by atoms with Gasteiger partial charge in [0.1, 0.15) is 11.5 Å². The van der Waals surface area contributed by atoms with Crippen LogP contribution < -0.4 is 4.74 Å². The van der Waals surface area contributed by atoms with E-state index in [1.165, 1.54) is 21.0 Å². The van der Waals surface area contributed by atoms with Crippen LogP contribution in [0.15, 0.2) is 17.2 Å². The molecular formula is C15H14O6. The summed E-state index contributed by atoms with van der Waals surface area (Å²) in [5.74, 6) is -2.59. The van der Waals surface area contributed by atoms with E-state index in [9.17, 15) is 24.6 Å². The summed E-state index contributed by atoms with van der Waals surface area (Å²) < 4.78 is 4.86. The molecule has 1 aliphatic carbocycles. The van der Waals surface area contributed by atoms with Crippen molar-refractivity contribution in [1.82, 2.24) is 0 Å². The van der Waals surface area contributed by atoms with Crippen molar-refractivity contribution in [2.75, 3.05) is 7.11 Å². The summed E-state index contributed by atoms with van der Waals surface area (Å²) in [4.78, 5) is 36.0. The van der Waals surface area contributed by atoms with Gasteiger partial charge in [-0.05, 0) is 13.8 Å². The van der Waals surface area contributed by atoms with Crippen LogP contribution in [-0.2, 0) is 4.79 Å². The number of ether oxygens (including phenoxy) is 1. The molecule has 6 nitrogen and oxygen atoms in total. The normalized spacial score (nSPS) is 14.2. The van der Waals surface area contributed by atoms with Gasteiger partial charge in [0.25, 0.3) is 0 Å². The first-order valence-corrected chi connectivity index (χ1v) is 6.21. The Bertz CT molecular complexity index is 711. The fraction of sp³-hybridized carbons (Fsp3) is 0.267. The molecule has 0 amide bonds. The zero-order valence-electron chi connectivity index (χ0n) is 11.8. The largest absolute Gasteiger partial charge is 0.507 e. The van der Waals surface area contributed by atoms with E-state index >= 15 is 0 Å². The lowest BCUT2D eigenvalue weighted by molar-refractivity contribution is -0.116. The van der Waals surface area contributed by atoms with Crippen LogP contribution in [0.4, 0.5) is 0 Å². The summed E-state index contributed by atoms with van der Waals surface area (Å²) in [6, 6.07) is 1.07. The van der Waals surface area contributed by atoms with Gasteiger partial charge >= 0.3 is 0 Å². The number of allylic oxidation sites excluding steroid dienone is 2. The van der Waals surface area contributed by atoms with Crippen LogP contribution in [0.3, 0.4) is 0 Å². The van der Waals surface area contributed by atoms with Crippen molar-refractivity contribution in [2.45, 2.75) is 20.3 Å². The molecule has 2 rings (SSSR count). The van der Waals surface area contributed by atoms with Crippen molar-refractivity contribution < 1.29 is 29.3 Å². The van der Waals surface area contributed by atoms with E-state index in [2.05, 4.69) is 0 Å². The molecule has 0 unspecified atom stereocenters. The second-order valence-corrected chi connectivity index (χ2v) is 4.84. The maximum atomic E-state index is 12.5. The number of methoxy groups -OCH3 is 1. The number of hydrogen-bond donors (Lipinski definition) is 2. The van der Waals surface area contributed by atoms with Gasteiger partial charge in [0, 0.05) is 23.6 Å². The molecule has 1 aromatic rings. The zero-order chi connectivity index (χ0) is 15.9. The number of phenols is 2. The third kappa shape index (κ3) is 2.18. The number of ketones is 3. The third-order valence-corrected chi connectivity index (χ3v) is 3.41. The Balaban J connectivity index is 2.76. The predicted octanol–water partition coefficient (Wildman–Crippen LogP) is 1.78. The van der Waals surface area contributed by atoms with Crippen molar-refractivity contribution in [3.05, 3.63) is 28.3 Å². The SMILES string of the molecule is COc1cc(O)c2c(c1O)C(=O)C(CC(C)=O)=C(C)C2=O. The van der Waals surface area contributed by atoms with Gasteiger partial charge in [0.05, 0.1) is 18.2 Å². The minimum absolute atomic E-state index is 0.0305. The van der Waals surface area contributed by atoms with Gasteiger partial charge in [-0.15, -0.1) is 0 Å². The second-order valence-electron chi connectivity index (χ2n) is 4.84. The zero-order valence-corrected chi connectivity index (χ0v) is 11.8. The van der Waals surface area contributed by atoms with Crippen LogP contribution in [0.25, 0.3) is 0 Å². The Morgan fingerprint density at radius 3 is 2.33 bits per heavy atom. The Morgan fingerprint density at radius 2 is 1.81 bits per heavy atom. The minimum Gasteiger partial charge on any atom is -0.507 e. The molecule has 0 saturated carbocycles. The van der Waals surface area contributed by atoms with Crippen molar-refractivity contribution in [3.63, 3.8) is 0 Å². The highest BCUT2D eigenvalue weighted by atomic mass is 16.5. The van der Waals surface area contributed by atoms with Gasteiger partial charge in [0.15, 0.2) is 23.1 Å². The van der Waals surface area contributed by atoms with Crippen LogP contribution in [-0.4, -0.2) is 34.7 Å². The molecule has 0 bridgehead atoms. The summed E-state index contributed by atoms with van der Waals surface area (Å²) in [5.41, 5.74) is -0.452. The van der Waals surface area contributed by atoms with Crippen molar-refractivity contribution >= 4 is 17.3 Å². The number of carbonyl (C=O) groups is 3.